The average molecular weight is 693 g/mol. The van der Waals surface area contributed by atoms with Crippen LogP contribution in [0.25, 0.3) is 0 Å². The summed E-state index contributed by atoms with van der Waals surface area (Å²) < 4.78 is 45.1. The summed E-state index contributed by atoms with van der Waals surface area (Å²) in [5.74, 6) is -1.22. The lowest BCUT2D eigenvalue weighted by atomic mass is 9.72. The summed E-state index contributed by atoms with van der Waals surface area (Å²) in [6, 6.07) is 10.5. The van der Waals surface area contributed by atoms with E-state index in [4.69, 9.17) is 16.3 Å². The van der Waals surface area contributed by atoms with Crippen molar-refractivity contribution in [2.45, 2.75) is 100 Å². The Morgan fingerprint density at radius 3 is 2.43 bits per heavy atom. The molecular weight excluding hydrogens is 647 g/mol. The number of piperazine rings is 1. The first-order valence-corrected chi connectivity index (χ1v) is 18.9. The zero-order valence-corrected chi connectivity index (χ0v) is 28.0. The fraction of sp³-hybridized carbons (Fsp3) is 0.588. The number of carbonyl (C=O) groups is 2. The molecule has 2 saturated carbocycles. The van der Waals surface area contributed by atoms with Gasteiger partial charge in [-0.05, 0) is 100.0 Å². The lowest BCUT2D eigenvalue weighted by molar-refractivity contribution is -0.119. The van der Waals surface area contributed by atoms with Gasteiger partial charge in [-0.1, -0.05) is 29.8 Å². The Kier molecular flexibility index (Phi) is 11.0. The molecule has 0 aromatic heterocycles. The van der Waals surface area contributed by atoms with E-state index < -0.39 is 40.6 Å². The summed E-state index contributed by atoms with van der Waals surface area (Å²) in [7, 11) is -2.91. The van der Waals surface area contributed by atoms with Gasteiger partial charge in [-0.3, -0.25) is 13.9 Å². The summed E-state index contributed by atoms with van der Waals surface area (Å²) in [6.45, 7) is 1.08. The van der Waals surface area contributed by atoms with Crippen molar-refractivity contribution < 1.29 is 32.9 Å². The van der Waals surface area contributed by atoms with Gasteiger partial charge in [0.1, 0.15) is 11.9 Å². The van der Waals surface area contributed by atoms with Crippen LogP contribution in [0.1, 0.15) is 74.8 Å². The Balaban J connectivity index is 1.22. The molecular formula is C34H46ClFN4O6S. The van der Waals surface area contributed by atoms with Crippen molar-refractivity contribution in [3.8, 4) is 0 Å². The third kappa shape index (κ3) is 8.59. The third-order valence-electron chi connectivity index (χ3n) is 10.2. The van der Waals surface area contributed by atoms with E-state index in [9.17, 15) is 23.8 Å². The maximum absolute atomic E-state index is 15.4. The van der Waals surface area contributed by atoms with Crippen LogP contribution in [0, 0.1) is 11.7 Å². The Labute approximate surface area is 282 Å². The molecule has 2 aliphatic heterocycles. The van der Waals surface area contributed by atoms with Crippen molar-refractivity contribution in [2.75, 3.05) is 24.2 Å². The molecule has 2 saturated heterocycles. The number of amides is 2. The third-order valence-corrected chi connectivity index (χ3v) is 12.5. The van der Waals surface area contributed by atoms with Gasteiger partial charge < -0.3 is 25.8 Å². The van der Waals surface area contributed by atoms with Gasteiger partial charge in [-0.25, -0.2) is 13.5 Å². The molecule has 258 valence electrons. The molecule has 47 heavy (non-hydrogen) atoms. The number of ether oxygens (including phenoxy) is 1. The number of fused-ring (bicyclic) bond motifs is 2. The van der Waals surface area contributed by atoms with Crippen molar-refractivity contribution >= 4 is 40.1 Å². The molecule has 2 heterocycles. The number of hydrogen-bond acceptors (Lipinski definition) is 7. The first-order chi connectivity index (χ1) is 22.6. The number of rotatable bonds is 11. The number of hydrogen-bond donors (Lipinski definition) is 6. The van der Waals surface area contributed by atoms with Gasteiger partial charge in [0, 0.05) is 47.4 Å². The van der Waals surface area contributed by atoms with Gasteiger partial charge in [0.2, 0.25) is 5.91 Å². The Morgan fingerprint density at radius 1 is 1.04 bits per heavy atom. The number of anilines is 1. The Bertz CT molecular complexity index is 1410. The molecule has 4 fully saturated rings. The molecule has 4 aliphatic rings. The maximum atomic E-state index is 15.4. The number of carboxylic acid groups (broad SMARTS) is 1. The second-order valence-corrected chi connectivity index (χ2v) is 16.1. The van der Waals surface area contributed by atoms with E-state index in [1.54, 1.807) is 22.5 Å². The average Bonchev–Trinajstić information content (AvgIpc) is 3.87. The predicted octanol–water partition coefficient (Wildman–Crippen LogP) is 6.61. The standard InChI is InChI=1S/C34H46ClFN4O6S/c35-23-10-6-21(7-11-23)31(22-8-13-26(14-9-22)46-27-15-16-27)32(39-34(42)43)33(41)38-30-5-1-4-29(36)28(30)17-12-25-19-37-24-3-2-18-47(44,45)40(25)20-24/h1,4-7,10-11,22,24-27,31-32,37,39,44-45H,2-3,8-9,12-20H2,(H,38,41)(H,42,43)/t22?,24-,25+,26?,31+,32+/m1/s1. The molecule has 6 rings (SSSR count). The van der Waals surface area contributed by atoms with E-state index >= 15 is 4.39 Å². The predicted molar refractivity (Wildman–Crippen MR) is 182 cm³/mol. The molecule has 13 heteroatoms. The second-order valence-electron chi connectivity index (χ2n) is 13.5. The Morgan fingerprint density at radius 2 is 1.74 bits per heavy atom. The monoisotopic (exact) mass is 692 g/mol. The topological polar surface area (TPSA) is 143 Å². The molecule has 0 radical (unpaired) electrons. The highest BCUT2D eigenvalue weighted by atomic mass is 35.5. The highest BCUT2D eigenvalue weighted by Gasteiger charge is 2.41. The lowest BCUT2D eigenvalue weighted by Crippen LogP contribution is -2.55. The fourth-order valence-electron chi connectivity index (χ4n) is 7.66. The molecule has 2 bridgehead atoms. The minimum Gasteiger partial charge on any atom is -0.465 e. The zero-order valence-electron chi connectivity index (χ0n) is 26.5. The summed E-state index contributed by atoms with van der Waals surface area (Å²) in [6.07, 6.45) is 6.88. The van der Waals surface area contributed by atoms with Crippen LogP contribution in [0.15, 0.2) is 42.5 Å². The largest absolute Gasteiger partial charge is 0.465 e. The molecule has 6 N–H and O–H groups in total. The van der Waals surface area contributed by atoms with E-state index in [0.29, 0.717) is 42.0 Å². The summed E-state index contributed by atoms with van der Waals surface area (Å²) >= 11 is 6.21. The highest BCUT2D eigenvalue weighted by molar-refractivity contribution is 8.22. The highest BCUT2D eigenvalue weighted by Crippen LogP contribution is 2.49. The van der Waals surface area contributed by atoms with Crippen molar-refractivity contribution in [1.82, 2.24) is 14.9 Å². The minimum absolute atomic E-state index is 0.000732. The number of nitrogens with zero attached hydrogens (tertiary/aromatic N) is 1. The molecule has 1 unspecified atom stereocenters. The smallest absolute Gasteiger partial charge is 0.405 e. The first kappa shape index (κ1) is 34.4. The normalized spacial score (nSPS) is 29.1. The molecule has 0 spiro atoms. The van der Waals surface area contributed by atoms with Crippen LogP contribution in [0.4, 0.5) is 14.9 Å². The number of carbonyl (C=O) groups excluding carboxylic acids is 1. The van der Waals surface area contributed by atoms with Gasteiger partial charge in [-0.15, -0.1) is 10.8 Å². The van der Waals surface area contributed by atoms with Gasteiger partial charge in [-0.2, -0.15) is 0 Å². The van der Waals surface area contributed by atoms with E-state index in [0.717, 1.165) is 56.9 Å². The van der Waals surface area contributed by atoms with E-state index in [-0.39, 0.29) is 36.2 Å². The summed E-state index contributed by atoms with van der Waals surface area (Å²) in [5.41, 5.74) is 1.37. The van der Waals surface area contributed by atoms with Gasteiger partial charge in [0.25, 0.3) is 0 Å². The zero-order chi connectivity index (χ0) is 33.1. The van der Waals surface area contributed by atoms with Gasteiger partial charge in [0.05, 0.1) is 18.0 Å². The lowest BCUT2D eigenvalue weighted by Gasteiger charge is -2.49. The van der Waals surface area contributed by atoms with Crippen LogP contribution in [0.2, 0.25) is 5.02 Å². The molecule has 5 atom stereocenters. The van der Waals surface area contributed by atoms with Crippen LogP contribution in [0.3, 0.4) is 0 Å². The Hall–Kier alpha value is -2.45. The summed E-state index contributed by atoms with van der Waals surface area (Å²) in [4.78, 5) is 26.3. The second kappa shape index (κ2) is 15.0. The van der Waals surface area contributed by atoms with E-state index in [1.165, 1.54) is 12.1 Å². The first-order valence-electron chi connectivity index (χ1n) is 16.8. The number of nitrogens with one attached hydrogen (secondary N) is 3. The van der Waals surface area contributed by atoms with Crippen LogP contribution in [-0.2, 0) is 16.0 Å². The molecule has 2 aromatic carbocycles. The van der Waals surface area contributed by atoms with Crippen LogP contribution in [-0.4, -0.2) is 79.7 Å². The van der Waals surface area contributed by atoms with Crippen LogP contribution in [0.5, 0.6) is 0 Å². The number of benzene rings is 2. The van der Waals surface area contributed by atoms with Crippen LogP contribution < -0.4 is 16.0 Å². The van der Waals surface area contributed by atoms with E-state index in [1.807, 2.05) is 12.1 Å². The number of halogens is 2. The van der Waals surface area contributed by atoms with Crippen LogP contribution >= 0.6 is 22.4 Å². The fourth-order valence-corrected chi connectivity index (χ4v) is 9.65. The van der Waals surface area contributed by atoms with Gasteiger partial charge in [0.15, 0.2) is 0 Å². The quantitative estimate of drug-likeness (QED) is 0.155. The minimum atomic E-state index is -2.91. The maximum Gasteiger partial charge on any atom is 0.405 e. The van der Waals surface area contributed by atoms with Crippen molar-refractivity contribution in [3.63, 3.8) is 0 Å². The van der Waals surface area contributed by atoms with Gasteiger partial charge >= 0.3 is 6.09 Å². The molecule has 10 nitrogen and oxygen atoms in total. The van der Waals surface area contributed by atoms with E-state index in [2.05, 4.69) is 16.0 Å². The SMILES string of the molecule is O=C(O)N[C@H](C(=O)Nc1cccc(F)c1CC[C@H]1CN[C@@H]2CCCS(O)(O)N1C2)[C@@H](c1ccc(Cl)cc1)C1CCC(OC2CC2)CC1. The molecule has 2 amide bonds. The molecule has 2 aromatic rings. The van der Waals surface area contributed by atoms with Crippen molar-refractivity contribution in [2.24, 2.45) is 5.92 Å². The summed E-state index contributed by atoms with van der Waals surface area (Å²) in [5, 5.41) is 19.3. The molecule has 2 aliphatic carbocycles. The van der Waals surface area contributed by atoms with Crippen molar-refractivity contribution in [3.05, 3.63) is 64.4 Å². The van der Waals surface area contributed by atoms with Crippen molar-refractivity contribution in [1.29, 1.82) is 0 Å².